The zero-order valence-corrected chi connectivity index (χ0v) is 16.6. The lowest BCUT2D eigenvalue weighted by Gasteiger charge is -2.13. The number of ether oxygens (including phenoxy) is 1. The molecule has 0 unspecified atom stereocenters. The number of carbonyl (C=O) groups excluding carboxylic acids is 2. The standard InChI is InChI=1S/C17H15N3O4S3/c1-2-24-12-7-10(3-4-11(12)21)8-13-15(23)20(17(25)27-13)9-14(22)19-16-18-5-6-26-16/h3-8,21H,2,9H2,1H3,(H,18,19,22)/b13-8-. The molecule has 2 aromatic rings. The first-order valence-electron chi connectivity index (χ1n) is 7.88. The SMILES string of the molecule is CCOc1cc(/C=C2\SC(=S)N(CC(=O)Nc3nccs3)C2=O)ccc1O. The normalized spacial score (nSPS) is 15.4. The van der Waals surface area contributed by atoms with Gasteiger partial charge in [-0.3, -0.25) is 14.5 Å². The van der Waals surface area contributed by atoms with Crippen LogP contribution in [0.5, 0.6) is 11.5 Å². The van der Waals surface area contributed by atoms with Crippen LogP contribution in [0.2, 0.25) is 0 Å². The maximum absolute atomic E-state index is 12.6. The van der Waals surface area contributed by atoms with Gasteiger partial charge in [0.25, 0.3) is 5.91 Å². The second-order valence-electron chi connectivity index (χ2n) is 5.31. The molecule has 0 saturated carbocycles. The summed E-state index contributed by atoms with van der Waals surface area (Å²) in [6.07, 6.45) is 3.23. The summed E-state index contributed by atoms with van der Waals surface area (Å²) in [6, 6.07) is 4.80. The second-order valence-corrected chi connectivity index (χ2v) is 7.88. The molecule has 1 aromatic carbocycles. The Kier molecular flexibility index (Phi) is 6.09. The largest absolute Gasteiger partial charge is 0.504 e. The summed E-state index contributed by atoms with van der Waals surface area (Å²) in [5.41, 5.74) is 0.684. The molecule has 3 rings (SSSR count). The molecule has 0 radical (unpaired) electrons. The van der Waals surface area contributed by atoms with E-state index in [2.05, 4.69) is 10.3 Å². The third kappa shape index (κ3) is 4.65. The van der Waals surface area contributed by atoms with Gasteiger partial charge in [-0.05, 0) is 30.7 Å². The predicted octanol–water partition coefficient (Wildman–Crippen LogP) is 3.09. The number of thiazole rings is 1. The van der Waals surface area contributed by atoms with E-state index in [0.717, 1.165) is 11.8 Å². The number of hydrogen-bond acceptors (Lipinski definition) is 8. The molecule has 27 heavy (non-hydrogen) atoms. The molecule has 0 spiro atoms. The Labute approximate surface area is 169 Å². The Bertz CT molecular complexity index is 912. The van der Waals surface area contributed by atoms with Crippen LogP contribution in [0.3, 0.4) is 0 Å². The van der Waals surface area contributed by atoms with Crippen LogP contribution in [-0.2, 0) is 9.59 Å². The van der Waals surface area contributed by atoms with E-state index in [0.29, 0.717) is 32.3 Å². The van der Waals surface area contributed by atoms with E-state index >= 15 is 0 Å². The predicted molar refractivity (Wildman–Crippen MR) is 110 cm³/mol. The van der Waals surface area contributed by atoms with Gasteiger partial charge in [0.05, 0.1) is 11.5 Å². The van der Waals surface area contributed by atoms with Crippen molar-refractivity contribution in [2.24, 2.45) is 0 Å². The summed E-state index contributed by atoms with van der Waals surface area (Å²) in [7, 11) is 0. The van der Waals surface area contributed by atoms with Gasteiger partial charge in [-0.25, -0.2) is 4.98 Å². The van der Waals surface area contributed by atoms with Crippen molar-refractivity contribution >= 4 is 62.7 Å². The van der Waals surface area contributed by atoms with Crippen LogP contribution in [0.15, 0.2) is 34.7 Å². The molecule has 1 aliphatic rings. The lowest BCUT2D eigenvalue weighted by molar-refractivity contribution is -0.126. The highest BCUT2D eigenvalue weighted by molar-refractivity contribution is 8.26. The van der Waals surface area contributed by atoms with Gasteiger partial charge >= 0.3 is 0 Å². The number of rotatable bonds is 6. The molecule has 10 heteroatoms. The van der Waals surface area contributed by atoms with E-state index in [-0.39, 0.29) is 24.1 Å². The average Bonchev–Trinajstić information content (AvgIpc) is 3.22. The number of aromatic nitrogens is 1. The Balaban J connectivity index is 1.72. The van der Waals surface area contributed by atoms with Crippen molar-refractivity contribution in [3.8, 4) is 11.5 Å². The summed E-state index contributed by atoms with van der Waals surface area (Å²) in [5, 5.41) is 14.6. The fraction of sp³-hybridized carbons (Fsp3) is 0.176. The topological polar surface area (TPSA) is 91.8 Å². The number of thioether (sulfide) groups is 1. The van der Waals surface area contributed by atoms with E-state index in [1.54, 1.807) is 29.8 Å². The van der Waals surface area contributed by atoms with Crippen LogP contribution in [0.1, 0.15) is 12.5 Å². The van der Waals surface area contributed by atoms with E-state index in [9.17, 15) is 14.7 Å². The molecule has 2 heterocycles. The van der Waals surface area contributed by atoms with Gasteiger partial charge in [0.2, 0.25) is 5.91 Å². The zero-order chi connectivity index (χ0) is 19.4. The first-order valence-corrected chi connectivity index (χ1v) is 9.99. The molecule has 0 bridgehead atoms. The minimum absolute atomic E-state index is 0.0282. The molecular formula is C17H15N3O4S3. The van der Waals surface area contributed by atoms with Crippen molar-refractivity contribution in [2.45, 2.75) is 6.92 Å². The number of benzene rings is 1. The van der Waals surface area contributed by atoms with E-state index in [4.69, 9.17) is 17.0 Å². The maximum atomic E-state index is 12.6. The number of amides is 2. The minimum atomic E-state index is -0.370. The lowest BCUT2D eigenvalue weighted by Crippen LogP contribution is -2.36. The molecule has 0 atom stereocenters. The van der Waals surface area contributed by atoms with E-state index < -0.39 is 0 Å². The third-order valence-electron chi connectivity index (χ3n) is 3.44. The highest BCUT2D eigenvalue weighted by atomic mass is 32.2. The van der Waals surface area contributed by atoms with Crippen molar-refractivity contribution in [2.75, 3.05) is 18.5 Å². The molecule has 1 saturated heterocycles. The maximum Gasteiger partial charge on any atom is 0.266 e. The van der Waals surface area contributed by atoms with Gasteiger partial charge in [0.1, 0.15) is 10.9 Å². The molecular weight excluding hydrogens is 406 g/mol. The number of hydrogen-bond donors (Lipinski definition) is 2. The number of carbonyl (C=O) groups is 2. The Morgan fingerprint density at radius 3 is 3.00 bits per heavy atom. The summed E-state index contributed by atoms with van der Waals surface area (Å²) in [6.45, 7) is 2.04. The Morgan fingerprint density at radius 2 is 2.30 bits per heavy atom. The van der Waals surface area contributed by atoms with Crippen molar-refractivity contribution < 1.29 is 19.4 Å². The molecule has 0 aliphatic carbocycles. The van der Waals surface area contributed by atoms with Crippen LogP contribution in [0.4, 0.5) is 5.13 Å². The van der Waals surface area contributed by atoms with Gasteiger partial charge in [-0.2, -0.15) is 0 Å². The van der Waals surface area contributed by atoms with Gasteiger partial charge < -0.3 is 15.2 Å². The van der Waals surface area contributed by atoms with E-state index in [1.165, 1.54) is 22.3 Å². The highest BCUT2D eigenvalue weighted by Gasteiger charge is 2.33. The Morgan fingerprint density at radius 1 is 1.48 bits per heavy atom. The zero-order valence-electron chi connectivity index (χ0n) is 14.2. The van der Waals surface area contributed by atoms with Crippen molar-refractivity contribution in [3.05, 3.63) is 40.2 Å². The first-order chi connectivity index (χ1) is 13.0. The number of aromatic hydroxyl groups is 1. The number of phenolic OH excluding ortho intramolecular Hbond substituents is 1. The molecule has 7 nitrogen and oxygen atoms in total. The van der Waals surface area contributed by atoms with Crippen molar-refractivity contribution in [1.29, 1.82) is 0 Å². The fourth-order valence-electron chi connectivity index (χ4n) is 2.27. The average molecular weight is 422 g/mol. The lowest BCUT2D eigenvalue weighted by atomic mass is 10.2. The molecule has 2 N–H and O–H groups in total. The van der Waals surface area contributed by atoms with Gasteiger partial charge in [-0.1, -0.05) is 30.0 Å². The Hall–Kier alpha value is -2.43. The van der Waals surface area contributed by atoms with Crippen LogP contribution in [-0.4, -0.2) is 44.3 Å². The van der Waals surface area contributed by atoms with Crippen molar-refractivity contribution in [3.63, 3.8) is 0 Å². The van der Waals surface area contributed by atoms with Gasteiger partial charge in [0, 0.05) is 11.6 Å². The number of thiocarbonyl (C=S) groups is 1. The number of nitrogens with one attached hydrogen (secondary N) is 1. The first kappa shape index (κ1) is 19.3. The minimum Gasteiger partial charge on any atom is -0.504 e. The molecule has 2 amide bonds. The van der Waals surface area contributed by atoms with Crippen LogP contribution in [0.25, 0.3) is 6.08 Å². The van der Waals surface area contributed by atoms with Gasteiger partial charge in [-0.15, -0.1) is 11.3 Å². The van der Waals surface area contributed by atoms with Crippen LogP contribution < -0.4 is 10.1 Å². The van der Waals surface area contributed by atoms with E-state index in [1.807, 2.05) is 6.92 Å². The van der Waals surface area contributed by atoms with Crippen LogP contribution in [0, 0.1) is 0 Å². The second kappa shape index (κ2) is 8.51. The van der Waals surface area contributed by atoms with Crippen molar-refractivity contribution in [1.82, 2.24) is 9.88 Å². The molecule has 1 fully saturated rings. The number of anilines is 1. The molecule has 1 aliphatic heterocycles. The monoisotopic (exact) mass is 421 g/mol. The van der Waals surface area contributed by atoms with Gasteiger partial charge in [0.15, 0.2) is 16.6 Å². The number of nitrogens with zero attached hydrogens (tertiary/aromatic N) is 2. The summed E-state index contributed by atoms with van der Waals surface area (Å²) in [4.78, 5) is 30.3. The summed E-state index contributed by atoms with van der Waals surface area (Å²) >= 11 is 7.65. The quantitative estimate of drug-likeness (QED) is 0.547. The molecule has 1 aromatic heterocycles. The third-order valence-corrected chi connectivity index (χ3v) is 5.50. The highest BCUT2D eigenvalue weighted by Crippen LogP contribution is 2.34. The summed E-state index contributed by atoms with van der Waals surface area (Å²) in [5.74, 6) is -0.346. The number of phenols is 1. The molecule has 140 valence electrons. The summed E-state index contributed by atoms with van der Waals surface area (Å²) < 4.78 is 5.66. The smallest absolute Gasteiger partial charge is 0.266 e. The van der Waals surface area contributed by atoms with Crippen LogP contribution >= 0.6 is 35.3 Å². The fourth-order valence-corrected chi connectivity index (χ4v) is 4.07.